The average molecular weight is 388 g/mol. The molecule has 0 heterocycles. The highest BCUT2D eigenvalue weighted by Gasteiger charge is 2.11. The van der Waals surface area contributed by atoms with Crippen molar-refractivity contribution in [2.24, 2.45) is 5.10 Å². The van der Waals surface area contributed by atoms with Crippen LogP contribution in [0.3, 0.4) is 0 Å². The minimum Gasteiger partial charge on any atom is -0.488 e. The number of hydrogen-bond acceptors (Lipinski definition) is 5. The van der Waals surface area contributed by atoms with Gasteiger partial charge in [0, 0.05) is 0 Å². The molecule has 0 unspecified atom stereocenters. The summed E-state index contributed by atoms with van der Waals surface area (Å²) in [7, 11) is 1.33. The molecular weight excluding hydrogens is 368 g/mol. The van der Waals surface area contributed by atoms with Crippen molar-refractivity contribution in [3.8, 4) is 5.75 Å². The minimum atomic E-state index is -0.408. The second-order valence-corrected chi connectivity index (χ2v) is 6.08. The number of para-hydroxylation sites is 1. The van der Waals surface area contributed by atoms with Crippen LogP contribution in [-0.2, 0) is 11.3 Å². The molecule has 0 aromatic heterocycles. The number of carbonyl (C=O) groups excluding carboxylic acids is 2. The number of esters is 1. The average Bonchev–Trinajstić information content (AvgIpc) is 2.78. The monoisotopic (exact) mass is 388 g/mol. The zero-order valence-electron chi connectivity index (χ0n) is 15.9. The molecule has 0 spiro atoms. The van der Waals surface area contributed by atoms with Gasteiger partial charge in [0.25, 0.3) is 5.91 Å². The minimum absolute atomic E-state index is 0.362. The molecule has 3 rings (SSSR count). The topological polar surface area (TPSA) is 77.0 Å². The van der Waals surface area contributed by atoms with Crippen LogP contribution < -0.4 is 10.2 Å². The van der Waals surface area contributed by atoms with Crippen LogP contribution in [0.2, 0.25) is 0 Å². The van der Waals surface area contributed by atoms with Crippen LogP contribution in [0, 0.1) is 0 Å². The fourth-order valence-corrected chi connectivity index (χ4v) is 2.56. The van der Waals surface area contributed by atoms with Crippen LogP contribution in [0.15, 0.2) is 84.0 Å². The lowest BCUT2D eigenvalue weighted by Gasteiger charge is -2.10. The largest absolute Gasteiger partial charge is 0.488 e. The molecule has 1 N–H and O–H groups in total. The number of rotatable bonds is 7. The third-order valence-corrected chi connectivity index (χ3v) is 4.08. The summed E-state index contributed by atoms with van der Waals surface area (Å²) in [6.45, 7) is 0.362. The number of benzene rings is 3. The van der Waals surface area contributed by atoms with Crippen LogP contribution in [0.4, 0.5) is 0 Å². The number of nitrogens with one attached hydrogen (secondary N) is 1. The van der Waals surface area contributed by atoms with Crippen molar-refractivity contribution in [1.29, 1.82) is 0 Å². The van der Waals surface area contributed by atoms with Gasteiger partial charge >= 0.3 is 5.97 Å². The van der Waals surface area contributed by atoms with Gasteiger partial charge < -0.3 is 9.47 Å². The van der Waals surface area contributed by atoms with Gasteiger partial charge in [0.15, 0.2) is 0 Å². The Morgan fingerprint density at radius 2 is 1.62 bits per heavy atom. The van der Waals surface area contributed by atoms with Crippen LogP contribution in [0.25, 0.3) is 0 Å². The zero-order chi connectivity index (χ0) is 20.5. The Labute approximate surface area is 168 Å². The van der Waals surface area contributed by atoms with E-state index < -0.39 is 5.97 Å². The lowest BCUT2D eigenvalue weighted by Crippen LogP contribution is -2.18. The molecule has 146 valence electrons. The van der Waals surface area contributed by atoms with Crippen molar-refractivity contribution in [2.45, 2.75) is 6.61 Å². The Hall–Kier alpha value is -3.93. The molecule has 0 aliphatic heterocycles. The Morgan fingerprint density at radius 1 is 0.931 bits per heavy atom. The second kappa shape index (κ2) is 9.85. The van der Waals surface area contributed by atoms with Crippen molar-refractivity contribution < 1.29 is 19.1 Å². The smallest absolute Gasteiger partial charge is 0.337 e. The molecule has 0 fully saturated rings. The molecule has 1 amide bonds. The van der Waals surface area contributed by atoms with Crippen LogP contribution in [-0.4, -0.2) is 25.2 Å². The van der Waals surface area contributed by atoms with E-state index in [1.165, 1.54) is 13.3 Å². The van der Waals surface area contributed by atoms with E-state index in [0.29, 0.717) is 23.5 Å². The van der Waals surface area contributed by atoms with Gasteiger partial charge in [-0.3, -0.25) is 4.79 Å². The van der Waals surface area contributed by atoms with Gasteiger partial charge in [0.1, 0.15) is 12.4 Å². The predicted octanol–water partition coefficient (Wildman–Crippen LogP) is 3.82. The summed E-state index contributed by atoms with van der Waals surface area (Å²) >= 11 is 0. The Kier molecular flexibility index (Phi) is 6.73. The van der Waals surface area contributed by atoms with Crippen LogP contribution >= 0.6 is 0 Å². The molecule has 0 radical (unpaired) electrons. The molecule has 0 bridgehead atoms. The summed E-state index contributed by atoms with van der Waals surface area (Å²) < 4.78 is 10.5. The summed E-state index contributed by atoms with van der Waals surface area (Å²) in [4.78, 5) is 23.9. The van der Waals surface area contributed by atoms with Crippen molar-refractivity contribution >= 4 is 18.1 Å². The molecule has 0 saturated heterocycles. The lowest BCUT2D eigenvalue weighted by atomic mass is 10.1. The van der Waals surface area contributed by atoms with Crippen molar-refractivity contribution in [2.75, 3.05) is 7.11 Å². The number of nitrogens with zero attached hydrogens (tertiary/aromatic N) is 1. The maximum Gasteiger partial charge on any atom is 0.337 e. The highest BCUT2D eigenvalue weighted by atomic mass is 16.5. The normalized spacial score (nSPS) is 10.5. The van der Waals surface area contributed by atoms with E-state index in [2.05, 4.69) is 15.3 Å². The van der Waals surface area contributed by atoms with Gasteiger partial charge in [0.05, 0.1) is 24.5 Å². The molecule has 0 atom stereocenters. The van der Waals surface area contributed by atoms with Gasteiger partial charge in [-0.1, -0.05) is 54.6 Å². The predicted molar refractivity (Wildman–Crippen MR) is 110 cm³/mol. The standard InChI is InChI=1S/C23H20N2O4/c1-28-23(27)19-13-11-17(12-14-19)15-24-25-22(26)20-9-5-6-10-21(20)29-16-18-7-3-2-4-8-18/h2-15H,16H2,1H3,(H,25,26)/b24-15-. The number of ether oxygens (including phenoxy) is 2. The molecular formula is C23H20N2O4. The fourth-order valence-electron chi connectivity index (χ4n) is 2.56. The van der Waals surface area contributed by atoms with E-state index >= 15 is 0 Å². The summed E-state index contributed by atoms with van der Waals surface area (Å²) in [6, 6.07) is 23.4. The first-order valence-electron chi connectivity index (χ1n) is 8.95. The van der Waals surface area contributed by atoms with Crippen LogP contribution in [0.1, 0.15) is 31.8 Å². The molecule has 0 saturated carbocycles. The van der Waals surface area contributed by atoms with Gasteiger partial charge in [-0.15, -0.1) is 0 Å². The first kappa shape index (κ1) is 19.8. The van der Waals surface area contributed by atoms with E-state index in [0.717, 1.165) is 11.1 Å². The van der Waals surface area contributed by atoms with Gasteiger partial charge in [0.2, 0.25) is 0 Å². The maximum absolute atomic E-state index is 12.5. The van der Waals surface area contributed by atoms with Crippen LogP contribution in [0.5, 0.6) is 5.75 Å². The van der Waals surface area contributed by atoms with Gasteiger partial charge in [-0.2, -0.15) is 5.10 Å². The van der Waals surface area contributed by atoms with E-state index in [1.807, 2.05) is 36.4 Å². The van der Waals surface area contributed by atoms with E-state index in [1.54, 1.807) is 42.5 Å². The summed E-state index contributed by atoms with van der Waals surface area (Å²) in [5.41, 5.74) is 5.07. The third-order valence-electron chi connectivity index (χ3n) is 4.08. The maximum atomic E-state index is 12.5. The van der Waals surface area contributed by atoms with E-state index in [4.69, 9.17) is 4.74 Å². The van der Waals surface area contributed by atoms with E-state index in [-0.39, 0.29) is 5.91 Å². The molecule has 6 nitrogen and oxygen atoms in total. The number of amides is 1. The molecule has 0 aliphatic carbocycles. The summed E-state index contributed by atoms with van der Waals surface area (Å²) in [5.74, 6) is -0.309. The summed E-state index contributed by atoms with van der Waals surface area (Å²) in [6.07, 6.45) is 1.49. The fraction of sp³-hybridized carbons (Fsp3) is 0.0870. The molecule has 0 aliphatic rings. The highest BCUT2D eigenvalue weighted by molar-refractivity contribution is 5.97. The SMILES string of the molecule is COC(=O)c1ccc(/C=N\NC(=O)c2ccccc2OCc2ccccc2)cc1. The van der Waals surface area contributed by atoms with Crippen molar-refractivity contribution in [3.63, 3.8) is 0 Å². The Bertz CT molecular complexity index is 999. The molecule has 3 aromatic rings. The first-order chi connectivity index (χ1) is 14.2. The third kappa shape index (κ3) is 5.52. The lowest BCUT2D eigenvalue weighted by molar-refractivity contribution is 0.0600. The highest BCUT2D eigenvalue weighted by Crippen LogP contribution is 2.19. The second-order valence-electron chi connectivity index (χ2n) is 6.08. The van der Waals surface area contributed by atoms with Crippen molar-refractivity contribution in [3.05, 3.63) is 101 Å². The Morgan fingerprint density at radius 3 is 2.34 bits per heavy atom. The number of hydrazone groups is 1. The Balaban J connectivity index is 1.62. The van der Waals surface area contributed by atoms with Gasteiger partial charge in [-0.25, -0.2) is 10.2 Å². The number of hydrogen-bond donors (Lipinski definition) is 1. The van der Waals surface area contributed by atoms with Crippen molar-refractivity contribution in [1.82, 2.24) is 5.43 Å². The van der Waals surface area contributed by atoms with Gasteiger partial charge in [-0.05, 0) is 35.4 Å². The summed E-state index contributed by atoms with van der Waals surface area (Å²) in [5, 5.41) is 3.98. The molecule has 3 aromatic carbocycles. The number of methoxy groups -OCH3 is 1. The molecule has 6 heteroatoms. The first-order valence-corrected chi connectivity index (χ1v) is 8.95. The van der Waals surface area contributed by atoms with E-state index in [9.17, 15) is 9.59 Å². The zero-order valence-corrected chi connectivity index (χ0v) is 15.9. The quantitative estimate of drug-likeness (QED) is 0.379. The number of carbonyl (C=O) groups is 2. The molecule has 29 heavy (non-hydrogen) atoms.